The highest BCUT2D eigenvalue weighted by molar-refractivity contribution is 6.06. The highest BCUT2D eigenvalue weighted by Gasteiger charge is 2.50. The fourth-order valence-corrected chi connectivity index (χ4v) is 5.46. The number of hydrogen-bond acceptors (Lipinski definition) is 3. The van der Waals surface area contributed by atoms with Crippen molar-refractivity contribution in [1.82, 2.24) is 9.88 Å². The molecule has 1 saturated carbocycles. The Balaban J connectivity index is 1.52. The van der Waals surface area contributed by atoms with Crippen LogP contribution in [-0.2, 0) is 5.60 Å². The number of carbonyl (C=O) groups excluding carboxylic acids is 1. The Morgan fingerprint density at radius 1 is 1.00 bits per heavy atom. The molecule has 0 spiro atoms. The summed E-state index contributed by atoms with van der Waals surface area (Å²) in [7, 11) is 0. The monoisotopic (exact) mass is 386 g/mol. The highest BCUT2D eigenvalue weighted by atomic mass is 16.3. The lowest BCUT2D eigenvalue weighted by atomic mass is 9.66. The molecule has 2 heterocycles. The first kappa shape index (κ1) is 18.3. The molecule has 5 rings (SSSR count). The van der Waals surface area contributed by atoms with Gasteiger partial charge in [-0.3, -0.25) is 9.78 Å². The normalized spacial score (nSPS) is 26.9. The van der Waals surface area contributed by atoms with Gasteiger partial charge < -0.3 is 10.0 Å². The van der Waals surface area contributed by atoms with E-state index in [1.165, 1.54) is 0 Å². The number of aliphatic hydroxyl groups is 1. The predicted octanol–water partition coefficient (Wildman–Crippen LogP) is 4.53. The van der Waals surface area contributed by atoms with Crippen molar-refractivity contribution in [3.8, 4) is 0 Å². The first-order valence-electron chi connectivity index (χ1n) is 10.6. The molecule has 1 amide bonds. The summed E-state index contributed by atoms with van der Waals surface area (Å²) >= 11 is 0. The summed E-state index contributed by atoms with van der Waals surface area (Å²) in [5.74, 6) is 0.112. The van der Waals surface area contributed by atoms with E-state index in [4.69, 9.17) is 0 Å². The second kappa shape index (κ2) is 7.27. The van der Waals surface area contributed by atoms with E-state index in [0.29, 0.717) is 18.5 Å². The second-order valence-corrected chi connectivity index (χ2v) is 8.41. The number of amides is 1. The number of piperidine rings is 1. The van der Waals surface area contributed by atoms with Crippen LogP contribution in [0.4, 0.5) is 0 Å². The van der Waals surface area contributed by atoms with E-state index in [2.05, 4.69) is 4.98 Å². The number of aromatic nitrogens is 1. The third-order valence-corrected chi connectivity index (χ3v) is 6.91. The molecule has 3 aromatic rings. The van der Waals surface area contributed by atoms with Crippen LogP contribution in [0.2, 0.25) is 0 Å². The van der Waals surface area contributed by atoms with Crippen LogP contribution in [0.5, 0.6) is 0 Å². The van der Waals surface area contributed by atoms with Gasteiger partial charge in [-0.05, 0) is 30.2 Å². The van der Waals surface area contributed by atoms with E-state index in [-0.39, 0.29) is 17.9 Å². The molecule has 1 aliphatic heterocycles. The van der Waals surface area contributed by atoms with E-state index in [1.807, 2.05) is 59.5 Å². The molecule has 1 unspecified atom stereocenters. The van der Waals surface area contributed by atoms with E-state index in [1.54, 1.807) is 12.4 Å². The number of likely N-dealkylation sites (tertiary alicyclic amines) is 1. The average Bonchev–Trinajstić information content (AvgIpc) is 2.79. The number of carbonyl (C=O) groups is 1. The summed E-state index contributed by atoms with van der Waals surface area (Å²) in [5, 5.41) is 13.7. The lowest BCUT2D eigenvalue weighted by Gasteiger charge is -2.52. The summed E-state index contributed by atoms with van der Waals surface area (Å²) < 4.78 is 0. The van der Waals surface area contributed by atoms with Gasteiger partial charge in [-0.1, -0.05) is 67.4 Å². The van der Waals surface area contributed by atoms with Crippen LogP contribution in [0.15, 0.2) is 67.0 Å². The molecule has 29 heavy (non-hydrogen) atoms. The van der Waals surface area contributed by atoms with Gasteiger partial charge in [0.2, 0.25) is 0 Å². The Morgan fingerprint density at radius 2 is 1.76 bits per heavy atom. The number of hydrogen-bond donors (Lipinski definition) is 1. The molecular weight excluding hydrogens is 360 g/mol. The minimum Gasteiger partial charge on any atom is -0.385 e. The van der Waals surface area contributed by atoms with Gasteiger partial charge in [0, 0.05) is 36.3 Å². The van der Waals surface area contributed by atoms with Crippen LogP contribution in [0.25, 0.3) is 10.8 Å². The van der Waals surface area contributed by atoms with Crippen molar-refractivity contribution in [2.24, 2.45) is 5.92 Å². The maximum absolute atomic E-state index is 13.6. The van der Waals surface area contributed by atoms with Crippen molar-refractivity contribution < 1.29 is 9.90 Å². The minimum absolute atomic E-state index is 0.0429. The molecule has 2 fully saturated rings. The van der Waals surface area contributed by atoms with E-state index < -0.39 is 5.60 Å². The van der Waals surface area contributed by atoms with Crippen molar-refractivity contribution in [2.75, 3.05) is 6.54 Å². The van der Waals surface area contributed by atoms with Gasteiger partial charge in [-0.2, -0.15) is 0 Å². The van der Waals surface area contributed by atoms with Crippen LogP contribution < -0.4 is 0 Å². The van der Waals surface area contributed by atoms with Gasteiger partial charge in [0.25, 0.3) is 5.91 Å². The van der Waals surface area contributed by atoms with Crippen LogP contribution in [0.3, 0.4) is 0 Å². The lowest BCUT2D eigenvalue weighted by Crippen LogP contribution is -2.59. The molecule has 2 aliphatic rings. The maximum Gasteiger partial charge on any atom is 0.256 e. The molecule has 3 atom stereocenters. The Kier molecular flexibility index (Phi) is 4.59. The average molecular weight is 386 g/mol. The number of rotatable bonds is 2. The van der Waals surface area contributed by atoms with Gasteiger partial charge in [-0.25, -0.2) is 0 Å². The second-order valence-electron chi connectivity index (χ2n) is 8.41. The van der Waals surface area contributed by atoms with E-state index in [9.17, 15) is 9.90 Å². The zero-order chi connectivity index (χ0) is 19.8. The number of fused-ring (bicyclic) bond motifs is 2. The zero-order valence-corrected chi connectivity index (χ0v) is 16.5. The van der Waals surface area contributed by atoms with Crippen molar-refractivity contribution in [3.05, 3.63) is 78.1 Å². The van der Waals surface area contributed by atoms with Crippen LogP contribution in [0, 0.1) is 5.92 Å². The molecule has 1 aliphatic carbocycles. The van der Waals surface area contributed by atoms with Crippen molar-refractivity contribution in [1.29, 1.82) is 0 Å². The molecule has 1 saturated heterocycles. The highest BCUT2D eigenvalue weighted by Crippen LogP contribution is 2.47. The molecule has 0 radical (unpaired) electrons. The standard InChI is InChI=1S/C25H26N2O2/c28-24(21-17-26-16-18-8-4-5-11-20(18)21)27-15-14-25(29,19-9-2-1-3-10-19)22-12-6-7-13-23(22)27/h1-5,8-11,16-17,22-23,29H,6-7,12-15H2/t22-,23+,25?/m1/s1. The molecule has 4 heteroatoms. The molecular formula is C25H26N2O2. The molecule has 148 valence electrons. The third kappa shape index (κ3) is 3.03. The van der Waals surface area contributed by atoms with E-state index in [0.717, 1.165) is 42.0 Å². The molecule has 4 nitrogen and oxygen atoms in total. The number of benzene rings is 2. The first-order chi connectivity index (χ1) is 14.2. The SMILES string of the molecule is O=C(c1cncc2ccccc12)N1CCC(O)(c2ccccc2)[C@@H]2CCCC[C@@H]21. The van der Waals surface area contributed by atoms with Crippen molar-refractivity contribution in [2.45, 2.75) is 43.7 Å². The summed E-state index contributed by atoms with van der Waals surface area (Å²) in [4.78, 5) is 20.0. The van der Waals surface area contributed by atoms with Gasteiger partial charge in [0.1, 0.15) is 0 Å². The molecule has 1 N–H and O–H groups in total. The summed E-state index contributed by atoms with van der Waals surface area (Å²) in [5.41, 5.74) is 0.786. The van der Waals surface area contributed by atoms with Gasteiger partial charge in [0.15, 0.2) is 0 Å². The first-order valence-corrected chi connectivity index (χ1v) is 10.6. The lowest BCUT2D eigenvalue weighted by molar-refractivity contribution is -0.110. The predicted molar refractivity (Wildman–Crippen MR) is 113 cm³/mol. The Morgan fingerprint density at radius 3 is 2.62 bits per heavy atom. The summed E-state index contributed by atoms with van der Waals surface area (Å²) in [6, 6.07) is 18.0. The zero-order valence-electron chi connectivity index (χ0n) is 16.5. The van der Waals surface area contributed by atoms with Gasteiger partial charge >= 0.3 is 0 Å². The molecule has 0 bridgehead atoms. The topological polar surface area (TPSA) is 53.4 Å². The minimum atomic E-state index is -0.861. The maximum atomic E-state index is 13.6. The quantitative estimate of drug-likeness (QED) is 0.704. The Hall–Kier alpha value is -2.72. The number of nitrogens with zero attached hydrogens (tertiary/aromatic N) is 2. The Bertz CT molecular complexity index is 1030. The van der Waals surface area contributed by atoms with Gasteiger partial charge in [0.05, 0.1) is 11.2 Å². The van der Waals surface area contributed by atoms with Crippen molar-refractivity contribution >= 4 is 16.7 Å². The van der Waals surface area contributed by atoms with Crippen LogP contribution in [0.1, 0.15) is 48.0 Å². The molecule has 1 aromatic heterocycles. The molecule has 2 aromatic carbocycles. The van der Waals surface area contributed by atoms with Crippen LogP contribution >= 0.6 is 0 Å². The smallest absolute Gasteiger partial charge is 0.256 e. The summed E-state index contributed by atoms with van der Waals surface area (Å²) in [6.45, 7) is 0.564. The Labute approximate surface area is 171 Å². The summed E-state index contributed by atoms with van der Waals surface area (Å²) in [6.07, 6.45) is 8.18. The number of pyridine rings is 1. The third-order valence-electron chi connectivity index (χ3n) is 6.91. The fourth-order valence-electron chi connectivity index (χ4n) is 5.46. The van der Waals surface area contributed by atoms with Crippen molar-refractivity contribution in [3.63, 3.8) is 0 Å². The van der Waals surface area contributed by atoms with Crippen LogP contribution in [-0.4, -0.2) is 33.5 Å². The van der Waals surface area contributed by atoms with Gasteiger partial charge in [-0.15, -0.1) is 0 Å². The largest absolute Gasteiger partial charge is 0.385 e. The fraction of sp³-hybridized carbons (Fsp3) is 0.360. The van der Waals surface area contributed by atoms with E-state index >= 15 is 0 Å².